The average molecular weight is 243 g/mol. The average Bonchev–Trinajstić information content (AvgIpc) is 2.23. The number of hydrazine groups is 1. The fourth-order valence-corrected chi connectivity index (χ4v) is 1.91. The normalized spacial score (nSPS) is 12.5. The molecule has 16 heavy (non-hydrogen) atoms. The number of nitrogen functional groups attached to an aromatic ring is 1. The molecule has 6 heteroatoms. The minimum Gasteiger partial charge on any atom is -0.399 e. The van der Waals surface area contributed by atoms with Crippen LogP contribution >= 0.6 is 0 Å². The first-order chi connectivity index (χ1) is 7.47. The number of anilines is 2. The van der Waals surface area contributed by atoms with Crippen LogP contribution in [0.2, 0.25) is 0 Å². The second-order valence-corrected chi connectivity index (χ2v) is 4.19. The van der Waals surface area contributed by atoms with Gasteiger partial charge in [0.1, 0.15) is 0 Å². The lowest BCUT2D eigenvalue weighted by atomic mass is 10.1. The fraction of sp³-hybridized carbons (Fsp3) is 0.400. The van der Waals surface area contributed by atoms with Crippen LogP contribution < -0.4 is 15.6 Å². The number of nitrogens with zero attached hydrogens (tertiary/aromatic N) is 1. The molecule has 1 aromatic rings. The monoisotopic (exact) mass is 243 g/mol. The summed E-state index contributed by atoms with van der Waals surface area (Å²) in [6.45, 7) is 6.34. The van der Waals surface area contributed by atoms with Crippen molar-refractivity contribution in [2.75, 3.05) is 17.3 Å². The largest absolute Gasteiger partial charge is 0.399 e. The van der Waals surface area contributed by atoms with Crippen LogP contribution in [-0.4, -0.2) is 15.3 Å². The summed E-state index contributed by atoms with van der Waals surface area (Å²) in [5.74, 6) is 0. The van der Waals surface area contributed by atoms with E-state index in [0.29, 0.717) is 6.54 Å². The number of hydrogen-bond donors (Lipinski definition) is 3. The van der Waals surface area contributed by atoms with Gasteiger partial charge >= 0.3 is 0 Å². The smallest absolute Gasteiger partial charge is 0.250 e. The van der Waals surface area contributed by atoms with Crippen LogP contribution in [0.15, 0.2) is 12.1 Å². The SMILES string of the molecule is CCN(NS(=O)O)c1ccc(N)c(C)c1C. The van der Waals surface area contributed by atoms with E-state index in [1.54, 1.807) is 11.1 Å². The summed E-state index contributed by atoms with van der Waals surface area (Å²) in [6.07, 6.45) is 0. The molecule has 0 saturated carbocycles. The van der Waals surface area contributed by atoms with Crippen molar-refractivity contribution in [2.24, 2.45) is 0 Å². The van der Waals surface area contributed by atoms with E-state index in [-0.39, 0.29) is 0 Å². The van der Waals surface area contributed by atoms with Crippen molar-refractivity contribution in [3.05, 3.63) is 23.3 Å². The van der Waals surface area contributed by atoms with Gasteiger partial charge < -0.3 is 5.73 Å². The lowest BCUT2D eigenvalue weighted by Gasteiger charge is -2.24. The summed E-state index contributed by atoms with van der Waals surface area (Å²) in [5.41, 5.74) is 9.35. The first-order valence-electron chi connectivity index (χ1n) is 4.97. The fourth-order valence-electron chi connectivity index (χ4n) is 1.50. The molecular formula is C10H17N3O2S. The maximum atomic E-state index is 10.7. The summed E-state index contributed by atoms with van der Waals surface area (Å²) in [6, 6.07) is 3.63. The van der Waals surface area contributed by atoms with Crippen molar-refractivity contribution in [2.45, 2.75) is 20.8 Å². The Balaban J connectivity index is 3.11. The highest BCUT2D eigenvalue weighted by Crippen LogP contribution is 2.25. The van der Waals surface area contributed by atoms with Crippen molar-refractivity contribution < 1.29 is 8.76 Å². The third-order valence-corrected chi connectivity index (χ3v) is 2.97. The van der Waals surface area contributed by atoms with Crippen molar-refractivity contribution in [3.63, 3.8) is 0 Å². The Kier molecular flexibility index (Phi) is 4.28. The molecule has 1 unspecified atom stereocenters. The molecule has 5 nitrogen and oxygen atoms in total. The maximum Gasteiger partial charge on any atom is 0.250 e. The van der Waals surface area contributed by atoms with E-state index in [2.05, 4.69) is 4.83 Å². The van der Waals surface area contributed by atoms with Gasteiger partial charge in [0.15, 0.2) is 0 Å². The molecule has 0 aromatic heterocycles. The van der Waals surface area contributed by atoms with Crippen molar-refractivity contribution in [3.8, 4) is 0 Å². The Hall–Kier alpha value is -1.11. The van der Waals surface area contributed by atoms with Gasteiger partial charge in [-0.2, -0.15) is 0 Å². The van der Waals surface area contributed by atoms with Crippen LogP contribution in [0.3, 0.4) is 0 Å². The predicted octanol–water partition coefficient (Wildman–Crippen LogP) is 1.35. The predicted molar refractivity (Wildman–Crippen MR) is 67.3 cm³/mol. The van der Waals surface area contributed by atoms with Crippen LogP contribution in [0.25, 0.3) is 0 Å². The molecule has 90 valence electrons. The van der Waals surface area contributed by atoms with Gasteiger partial charge in [-0.1, -0.05) is 0 Å². The van der Waals surface area contributed by atoms with E-state index in [9.17, 15) is 4.21 Å². The van der Waals surface area contributed by atoms with Crippen molar-refractivity contribution >= 4 is 22.6 Å². The molecule has 0 aliphatic rings. The Labute approximate surface area is 98.0 Å². The molecule has 0 spiro atoms. The highest BCUT2D eigenvalue weighted by molar-refractivity contribution is 7.77. The van der Waals surface area contributed by atoms with Gasteiger partial charge in [-0.05, 0) is 44.0 Å². The van der Waals surface area contributed by atoms with Crippen LogP contribution in [-0.2, 0) is 11.3 Å². The number of nitrogens with two attached hydrogens (primary N) is 1. The highest BCUT2D eigenvalue weighted by atomic mass is 32.2. The molecule has 1 atom stereocenters. The number of hydrogen-bond acceptors (Lipinski definition) is 3. The van der Waals surface area contributed by atoms with Gasteiger partial charge in [0.25, 0.3) is 11.3 Å². The second kappa shape index (κ2) is 5.29. The minimum absolute atomic E-state index is 0.580. The second-order valence-electron chi connectivity index (χ2n) is 3.51. The van der Waals surface area contributed by atoms with Gasteiger partial charge in [0.2, 0.25) is 0 Å². The standard InChI is InChI=1S/C10H17N3O2S/c1-4-13(12-16(14)15)10-6-5-9(11)7(2)8(10)3/h5-6,12H,4,11H2,1-3H3,(H,14,15). The molecule has 0 amide bonds. The summed E-state index contributed by atoms with van der Waals surface area (Å²) in [5, 5.41) is 1.62. The number of benzene rings is 1. The van der Waals surface area contributed by atoms with Crippen LogP contribution in [0.1, 0.15) is 18.1 Å². The Morgan fingerprint density at radius 3 is 2.56 bits per heavy atom. The summed E-state index contributed by atoms with van der Waals surface area (Å²) in [7, 11) is 0. The molecule has 4 N–H and O–H groups in total. The summed E-state index contributed by atoms with van der Waals surface area (Å²) in [4.78, 5) is 2.45. The van der Waals surface area contributed by atoms with Gasteiger partial charge in [-0.3, -0.25) is 9.56 Å². The van der Waals surface area contributed by atoms with Crippen molar-refractivity contribution in [1.82, 2.24) is 4.83 Å². The Morgan fingerprint density at radius 1 is 1.44 bits per heavy atom. The van der Waals surface area contributed by atoms with Gasteiger partial charge in [-0.25, -0.2) is 4.21 Å². The topological polar surface area (TPSA) is 78.6 Å². The third-order valence-electron chi connectivity index (χ3n) is 2.60. The van der Waals surface area contributed by atoms with Crippen LogP contribution in [0, 0.1) is 13.8 Å². The molecule has 0 fully saturated rings. The van der Waals surface area contributed by atoms with E-state index in [1.165, 1.54) is 0 Å². The number of nitrogens with one attached hydrogen (secondary N) is 1. The van der Waals surface area contributed by atoms with E-state index in [0.717, 1.165) is 22.5 Å². The minimum atomic E-state index is -2.07. The van der Waals surface area contributed by atoms with Crippen molar-refractivity contribution in [1.29, 1.82) is 0 Å². The lowest BCUT2D eigenvalue weighted by molar-refractivity contribution is 0.544. The van der Waals surface area contributed by atoms with Crippen LogP contribution in [0.4, 0.5) is 11.4 Å². The van der Waals surface area contributed by atoms with Gasteiger partial charge in [0.05, 0.1) is 5.69 Å². The van der Waals surface area contributed by atoms with E-state index in [1.807, 2.05) is 26.8 Å². The lowest BCUT2D eigenvalue weighted by Crippen LogP contribution is -2.39. The molecule has 0 saturated heterocycles. The molecule has 0 aliphatic heterocycles. The molecule has 1 rings (SSSR count). The molecule has 1 aromatic carbocycles. The molecular weight excluding hydrogens is 226 g/mol. The van der Waals surface area contributed by atoms with E-state index >= 15 is 0 Å². The zero-order chi connectivity index (χ0) is 12.3. The quantitative estimate of drug-likeness (QED) is 0.424. The van der Waals surface area contributed by atoms with E-state index in [4.69, 9.17) is 10.3 Å². The molecule has 0 radical (unpaired) electrons. The number of rotatable bonds is 4. The molecule has 0 heterocycles. The highest BCUT2D eigenvalue weighted by Gasteiger charge is 2.11. The molecule has 0 aliphatic carbocycles. The van der Waals surface area contributed by atoms with E-state index < -0.39 is 11.3 Å². The Bertz CT molecular complexity index is 409. The first kappa shape index (κ1) is 13.0. The maximum absolute atomic E-state index is 10.7. The third kappa shape index (κ3) is 2.72. The van der Waals surface area contributed by atoms with Gasteiger partial charge in [0, 0.05) is 12.2 Å². The zero-order valence-electron chi connectivity index (χ0n) is 9.65. The van der Waals surface area contributed by atoms with Crippen LogP contribution in [0.5, 0.6) is 0 Å². The first-order valence-corrected chi connectivity index (χ1v) is 6.08. The molecule has 0 bridgehead atoms. The Morgan fingerprint density at radius 2 is 2.06 bits per heavy atom. The van der Waals surface area contributed by atoms with Gasteiger partial charge in [-0.15, -0.1) is 4.83 Å². The summed E-state index contributed by atoms with van der Waals surface area (Å²) >= 11 is -2.07. The summed E-state index contributed by atoms with van der Waals surface area (Å²) < 4.78 is 19.6. The zero-order valence-corrected chi connectivity index (χ0v) is 10.5.